The lowest BCUT2D eigenvalue weighted by Crippen LogP contribution is -2.00. The number of furan rings is 1. The molecule has 41 heavy (non-hydrogen) atoms. The summed E-state index contributed by atoms with van der Waals surface area (Å²) in [6.07, 6.45) is 0. The molecule has 0 saturated heterocycles. The Balaban J connectivity index is 1.33. The highest BCUT2D eigenvalue weighted by Crippen LogP contribution is 2.35. The molecule has 0 aliphatic heterocycles. The molecule has 0 unspecified atom stereocenters. The second-order valence-corrected chi connectivity index (χ2v) is 10.1. The lowest BCUT2D eigenvalue weighted by atomic mass is 10.0. The minimum absolute atomic E-state index is 0.622. The molecule has 0 aliphatic rings. The van der Waals surface area contributed by atoms with Gasteiger partial charge in [0.15, 0.2) is 17.5 Å². The van der Waals surface area contributed by atoms with E-state index in [2.05, 4.69) is 72.8 Å². The second kappa shape index (κ2) is 9.54. The molecule has 2 heterocycles. The molecule has 0 spiro atoms. The van der Waals surface area contributed by atoms with E-state index >= 15 is 0 Å². The van der Waals surface area contributed by atoms with Gasteiger partial charge in [-0.3, -0.25) is 0 Å². The molecule has 0 fully saturated rings. The first-order valence-corrected chi connectivity index (χ1v) is 13.6. The van der Waals surface area contributed by atoms with Gasteiger partial charge in [-0.05, 0) is 52.2 Å². The lowest BCUT2D eigenvalue weighted by Gasteiger charge is -2.10. The molecular weight excluding hydrogens is 502 g/mol. The van der Waals surface area contributed by atoms with Crippen LogP contribution in [0, 0.1) is 0 Å². The van der Waals surface area contributed by atoms with Crippen LogP contribution in [-0.2, 0) is 0 Å². The molecule has 6 aromatic carbocycles. The van der Waals surface area contributed by atoms with Gasteiger partial charge in [0.1, 0.15) is 11.2 Å². The van der Waals surface area contributed by atoms with E-state index in [1.807, 2.05) is 66.7 Å². The first-order valence-electron chi connectivity index (χ1n) is 13.6. The standard InChI is InChI=1S/C37H23N3O/c1-3-10-24(11-4-1)27-18-20-33-31(22-27)32-23-28(19-21-34(32)41-33)36-38-35(26-13-5-2-6-14-26)39-37(40-36)30-17-9-15-25-12-7-8-16-29(25)30/h1-23H. The largest absolute Gasteiger partial charge is 0.456 e. The van der Waals surface area contributed by atoms with E-state index in [1.54, 1.807) is 0 Å². The van der Waals surface area contributed by atoms with E-state index in [-0.39, 0.29) is 0 Å². The molecule has 4 nitrogen and oxygen atoms in total. The fourth-order valence-electron chi connectivity index (χ4n) is 5.49. The Hall–Kier alpha value is -5.61. The Morgan fingerprint density at radius 3 is 1.68 bits per heavy atom. The van der Waals surface area contributed by atoms with Crippen LogP contribution < -0.4 is 0 Å². The highest BCUT2D eigenvalue weighted by Gasteiger charge is 2.16. The number of benzene rings is 6. The normalized spacial score (nSPS) is 11.4. The summed E-state index contributed by atoms with van der Waals surface area (Å²) in [4.78, 5) is 15.0. The summed E-state index contributed by atoms with van der Waals surface area (Å²) in [6.45, 7) is 0. The van der Waals surface area contributed by atoms with E-state index in [0.29, 0.717) is 17.5 Å². The maximum atomic E-state index is 6.22. The van der Waals surface area contributed by atoms with Crippen molar-refractivity contribution in [2.24, 2.45) is 0 Å². The van der Waals surface area contributed by atoms with E-state index in [0.717, 1.165) is 55.0 Å². The molecule has 8 rings (SSSR count). The molecule has 0 amide bonds. The molecule has 0 saturated carbocycles. The highest BCUT2D eigenvalue weighted by atomic mass is 16.3. The summed E-state index contributed by atoms with van der Waals surface area (Å²) in [7, 11) is 0. The van der Waals surface area contributed by atoms with Crippen LogP contribution in [0.3, 0.4) is 0 Å². The Morgan fingerprint density at radius 1 is 0.366 bits per heavy atom. The van der Waals surface area contributed by atoms with Crippen LogP contribution in [0.2, 0.25) is 0 Å². The van der Waals surface area contributed by atoms with Gasteiger partial charge in [0, 0.05) is 27.5 Å². The molecule has 2 aromatic heterocycles. The first-order chi connectivity index (χ1) is 20.3. The topological polar surface area (TPSA) is 51.8 Å². The van der Waals surface area contributed by atoms with Crippen LogP contribution in [0.25, 0.3) is 78.0 Å². The first kappa shape index (κ1) is 23.3. The van der Waals surface area contributed by atoms with Crippen molar-refractivity contribution in [1.82, 2.24) is 15.0 Å². The smallest absolute Gasteiger partial charge is 0.164 e. The number of hydrogen-bond acceptors (Lipinski definition) is 4. The monoisotopic (exact) mass is 525 g/mol. The number of fused-ring (bicyclic) bond motifs is 4. The van der Waals surface area contributed by atoms with E-state index in [1.165, 1.54) is 5.56 Å². The predicted molar refractivity (Wildman–Crippen MR) is 166 cm³/mol. The molecule has 0 atom stereocenters. The van der Waals surface area contributed by atoms with Gasteiger partial charge in [-0.1, -0.05) is 109 Å². The zero-order valence-electron chi connectivity index (χ0n) is 22.0. The zero-order valence-corrected chi connectivity index (χ0v) is 22.0. The van der Waals surface area contributed by atoms with Crippen molar-refractivity contribution in [2.45, 2.75) is 0 Å². The third-order valence-corrected chi connectivity index (χ3v) is 7.53. The molecule has 192 valence electrons. The number of hydrogen-bond donors (Lipinski definition) is 0. The molecule has 0 N–H and O–H groups in total. The van der Waals surface area contributed by atoms with Gasteiger partial charge in [-0.15, -0.1) is 0 Å². The highest BCUT2D eigenvalue weighted by molar-refractivity contribution is 6.07. The molecule has 4 heteroatoms. The Kier molecular flexibility index (Phi) is 5.42. The van der Waals surface area contributed by atoms with Crippen LogP contribution in [0.5, 0.6) is 0 Å². The fraction of sp³-hybridized carbons (Fsp3) is 0. The van der Waals surface area contributed by atoms with Crippen molar-refractivity contribution in [2.75, 3.05) is 0 Å². The van der Waals surface area contributed by atoms with Crippen molar-refractivity contribution in [3.63, 3.8) is 0 Å². The van der Waals surface area contributed by atoms with Gasteiger partial charge in [-0.2, -0.15) is 0 Å². The van der Waals surface area contributed by atoms with Crippen LogP contribution >= 0.6 is 0 Å². The maximum Gasteiger partial charge on any atom is 0.164 e. The molecule has 8 aromatic rings. The second-order valence-electron chi connectivity index (χ2n) is 10.1. The number of nitrogens with zero attached hydrogens (tertiary/aromatic N) is 3. The number of rotatable bonds is 4. The van der Waals surface area contributed by atoms with Crippen LogP contribution in [-0.4, -0.2) is 15.0 Å². The molecular formula is C37H23N3O. The van der Waals surface area contributed by atoms with Crippen LogP contribution in [0.4, 0.5) is 0 Å². The van der Waals surface area contributed by atoms with E-state index in [9.17, 15) is 0 Å². The van der Waals surface area contributed by atoms with Crippen LogP contribution in [0.1, 0.15) is 0 Å². The Morgan fingerprint density at radius 2 is 0.927 bits per heavy atom. The van der Waals surface area contributed by atoms with Gasteiger partial charge in [0.2, 0.25) is 0 Å². The predicted octanol–water partition coefficient (Wildman–Crippen LogP) is 9.59. The molecule has 0 radical (unpaired) electrons. The minimum Gasteiger partial charge on any atom is -0.456 e. The van der Waals surface area contributed by atoms with Crippen molar-refractivity contribution < 1.29 is 4.42 Å². The summed E-state index contributed by atoms with van der Waals surface area (Å²) < 4.78 is 6.22. The average Bonchev–Trinajstić information content (AvgIpc) is 3.42. The van der Waals surface area contributed by atoms with Gasteiger partial charge >= 0.3 is 0 Å². The van der Waals surface area contributed by atoms with Crippen LogP contribution in [0.15, 0.2) is 144 Å². The summed E-state index contributed by atoms with van der Waals surface area (Å²) in [5.74, 6) is 1.91. The number of aromatic nitrogens is 3. The summed E-state index contributed by atoms with van der Waals surface area (Å²) in [6, 6.07) is 47.6. The van der Waals surface area contributed by atoms with E-state index < -0.39 is 0 Å². The van der Waals surface area contributed by atoms with Gasteiger partial charge in [0.25, 0.3) is 0 Å². The van der Waals surface area contributed by atoms with E-state index in [4.69, 9.17) is 19.4 Å². The van der Waals surface area contributed by atoms with Crippen molar-refractivity contribution in [1.29, 1.82) is 0 Å². The summed E-state index contributed by atoms with van der Waals surface area (Å²) in [5, 5.41) is 4.35. The van der Waals surface area contributed by atoms with Crippen molar-refractivity contribution >= 4 is 32.7 Å². The molecule has 0 bridgehead atoms. The third-order valence-electron chi connectivity index (χ3n) is 7.53. The minimum atomic E-state index is 0.622. The summed E-state index contributed by atoms with van der Waals surface area (Å²) in [5.41, 5.74) is 6.84. The van der Waals surface area contributed by atoms with Gasteiger partial charge in [-0.25, -0.2) is 15.0 Å². The lowest BCUT2D eigenvalue weighted by molar-refractivity contribution is 0.669. The van der Waals surface area contributed by atoms with Gasteiger partial charge in [0.05, 0.1) is 0 Å². The third kappa shape index (κ3) is 4.14. The SMILES string of the molecule is c1ccc(-c2ccc3oc4ccc(-c5nc(-c6ccccc6)nc(-c6cccc7ccccc67)n5)cc4c3c2)cc1. The van der Waals surface area contributed by atoms with Crippen molar-refractivity contribution in [3.8, 4) is 45.3 Å². The summed E-state index contributed by atoms with van der Waals surface area (Å²) >= 11 is 0. The van der Waals surface area contributed by atoms with Gasteiger partial charge < -0.3 is 4.42 Å². The zero-order chi connectivity index (χ0) is 27.2. The quantitative estimate of drug-likeness (QED) is 0.230. The fourth-order valence-corrected chi connectivity index (χ4v) is 5.49. The molecule has 0 aliphatic carbocycles. The Bertz CT molecular complexity index is 2200. The maximum absolute atomic E-state index is 6.22. The van der Waals surface area contributed by atoms with Crippen molar-refractivity contribution in [3.05, 3.63) is 140 Å². The average molecular weight is 526 g/mol. The Labute approximate surface area is 236 Å².